The van der Waals surface area contributed by atoms with Gasteiger partial charge >= 0.3 is 0 Å². The Morgan fingerprint density at radius 3 is 2.89 bits per heavy atom. The third-order valence-electron chi connectivity index (χ3n) is 3.57. The predicted molar refractivity (Wildman–Crippen MR) is 68.6 cm³/mol. The van der Waals surface area contributed by atoms with Crippen LogP contribution in [0.4, 0.5) is 0 Å². The largest absolute Gasteiger partial charge is 0.497 e. The molecule has 0 aromatic heterocycles. The summed E-state index contributed by atoms with van der Waals surface area (Å²) in [6, 6.07) is 4.32. The molecule has 2 heterocycles. The Morgan fingerprint density at radius 1 is 1.22 bits per heavy atom. The summed E-state index contributed by atoms with van der Waals surface area (Å²) < 4.78 is 16.8. The molecular formula is C14H19NO3. The molecule has 3 rings (SSSR count). The number of rotatable bonds is 2. The molecule has 1 aromatic rings. The lowest BCUT2D eigenvalue weighted by Gasteiger charge is -2.29. The number of benzene rings is 1. The van der Waals surface area contributed by atoms with Crippen molar-refractivity contribution in [2.75, 3.05) is 26.9 Å². The van der Waals surface area contributed by atoms with Crippen molar-refractivity contribution in [2.24, 2.45) is 0 Å². The second-order valence-corrected chi connectivity index (χ2v) is 4.74. The average molecular weight is 249 g/mol. The summed E-state index contributed by atoms with van der Waals surface area (Å²) >= 11 is 0. The minimum Gasteiger partial charge on any atom is -0.497 e. The van der Waals surface area contributed by atoms with E-state index in [4.69, 9.17) is 14.2 Å². The molecule has 1 fully saturated rings. The van der Waals surface area contributed by atoms with E-state index in [0.717, 1.165) is 30.2 Å². The van der Waals surface area contributed by atoms with Gasteiger partial charge in [-0.2, -0.15) is 0 Å². The topological polar surface area (TPSA) is 39.7 Å². The van der Waals surface area contributed by atoms with Crippen molar-refractivity contribution in [1.82, 2.24) is 5.32 Å². The Balaban J connectivity index is 1.99. The van der Waals surface area contributed by atoms with E-state index in [2.05, 4.69) is 11.4 Å². The molecule has 1 atom stereocenters. The van der Waals surface area contributed by atoms with Gasteiger partial charge in [0.05, 0.1) is 7.11 Å². The predicted octanol–water partition coefficient (Wildman–Crippen LogP) is 2.28. The van der Waals surface area contributed by atoms with Crippen molar-refractivity contribution in [3.05, 3.63) is 17.7 Å². The van der Waals surface area contributed by atoms with Crippen molar-refractivity contribution in [2.45, 2.75) is 25.3 Å². The maximum atomic E-state index is 5.79. The Bertz CT molecular complexity index is 427. The minimum absolute atomic E-state index is 0.351. The highest BCUT2D eigenvalue weighted by molar-refractivity contribution is 5.53. The van der Waals surface area contributed by atoms with Gasteiger partial charge in [0.25, 0.3) is 0 Å². The fourth-order valence-corrected chi connectivity index (χ4v) is 2.65. The van der Waals surface area contributed by atoms with Crippen molar-refractivity contribution in [3.63, 3.8) is 0 Å². The highest BCUT2D eigenvalue weighted by Gasteiger charge is 2.24. The molecule has 4 heteroatoms. The zero-order chi connectivity index (χ0) is 12.4. The highest BCUT2D eigenvalue weighted by atomic mass is 16.6. The van der Waals surface area contributed by atoms with Gasteiger partial charge in [-0.1, -0.05) is 6.42 Å². The number of methoxy groups -OCH3 is 1. The van der Waals surface area contributed by atoms with E-state index in [9.17, 15) is 0 Å². The fourth-order valence-electron chi connectivity index (χ4n) is 2.65. The first-order valence-electron chi connectivity index (χ1n) is 6.59. The second kappa shape index (κ2) is 5.06. The number of nitrogens with one attached hydrogen (secondary N) is 1. The molecule has 2 aliphatic heterocycles. The van der Waals surface area contributed by atoms with Gasteiger partial charge in [-0.3, -0.25) is 0 Å². The zero-order valence-electron chi connectivity index (χ0n) is 10.7. The molecule has 1 saturated heterocycles. The van der Waals surface area contributed by atoms with Crippen LogP contribution in [0.1, 0.15) is 30.9 Å². The summed E-state index contributed by atoms with van der Waals surface area (Å²) in [7, 11) is 1.68. The fraction of sp³-hybridized carbons (Fsp3) is 0.571. The number of hydrogen-bond acceptors (Lipinski definition) is 4. The summed E-state index contributed by atoms with van der Waals surface area (Å²) in [6.45, 7) is 2.30. The van der Waals surface area contributed by atoms with Crippen LogP contribution in [0.2, 0.25) is 0 Å². The van der Waals surface area contributed by atoms with E-state index in [1.165, 1.54) is 18.4 Å². The standard InChI is InChI=1S/C14H19NO3/c1-16-10-8-11(12-4-2-3-5-15-12)14-13(9-10)17-6-7-18-14/h8-9,12,15H,2-7H2,1H3. The van der Waals surface area contributed by atoms with Crippen LogP contribution in [0.15, 0.2) is 12.1 Å². The zero-order valence-corrected chi connectivity index (χ0v) is 10.7. The molecule has 18 heavy (non-hydrogen) atoms. The van der Waals surface area contributed by atoms with Gasteiger partial charge in [0, 0.05) is 17.7 Å². The molecule has 4 nitrogen and oxygen atoms in total. The average Bonchev–Trinajstić information content (AvgIpc) is 2.47. The molecule has 0 radical (unpaired) electrons. The van der Waals surface area contributed by atoms with Gasteiger partial charge in [-0.25, -0.2) is 0 Å². The Kier molecular flexibility index (Phi) is 3.28. The molecule has 0 spiro atoms. The summed E-state index contributed by atoms with van der Waals surface area (Å²) in [4.78, 5) is 0. The van der Waals surface area contributed by atoms with Crippen LogP contribution in [0.5, 0.6) is 17.2 Å². The maximum absolute atomic E-state index is 5.79. The smallest absolute Gasteiger partial charge is 0.166 e. The Labute approximate surface area is 107 Å². The molecule has 1 N–H and O–H groups in total. The molecule has 0 amide bonds. The summed E-state index contributed by atoms with van der Waals surface area (Å²) in [5.41, 5.74) is 1.17. The van der Waals surface area contributed by atoms with Crippen LogP contribution in [-0.4, -0.2) is 26.9 Å². The van der Waals surface area contributed by atoms with Crippen molar-refractivity contribution >= 4 is 0 Å². The summed E-state index contributed by atoms with van der Waals surface area (Å²) in [5, 5.41) is 3.55. The molecule has 98 valence electrons. The third-order valence-corrected chi connectivity index (χ3v) is 3.57. The van der Waals surface area contributed by atoms with E-state index in [1.54, 1.807) is 7.11 Å². The number of ether oxygens (including phenoxy) is 3. The molecule has 1 unspecified atom stereocenters. The first-order chi connectivity index (χ1) is 8.88. The van der Waals surface area contributed by atoms with Crippen molar-refractivity contribution < 1.29 is 14.2 Å². The number of piperidine rings is 1. The molecule has 2 aliphatic rings. The van der Waals surface area contributed by atoms with Gasteiger partial charge in [0.2, 0.25) is 0 Å². The normalized spacial score (nSPS) is 22.6. The minimum atomic E-state index is 0.351. The van der Waals surface area contributed by atoms with Gasteiger partial charge in [0.15, 0.2) is 11.5 Å². The van der Waals surface area contributed by atoms with E-state index < -0.39 is 0 Å². The molecule has 0 bridgehead atoms. The van der Waals surface area contributed by atoms with Gasteiger partial charge in [0.1, 0.15) is 19.0 Å². The second-order valence-electron chi connectivity index (χ2n) is 4.74. The Morgan fingerprint density at radius 2 is 2.11 bits per heavy atom. The lowest BCUT2D eigenvalue weighted by atomic mass is 9.96. The van der Waals surface area contributed by atoms with Crippen LogP contribution < -0.4 is 19.5 Å². The quantitative estimate of drug-likeness (QED) is 0.873. The molecule has 0 saturated carbocycles. The van der Waals surface area contributed by atoms with Gasteiger partial charge in [-0.05, 0) is 25.5 Å². The van der Waals surface area contributed by atoms with Crippen LogP contribution in [-0.2, 0) is 0 Å². The lowest BCUT2D eigenvalue weighted by Crippen LogP contribution is -2.28. The number of fused-ring (bicyclic) bond motifs is 1. The van der Waals surface area contributed by atoms with E-state index in [0.29, 0.717) is 19.3 Å². The molecule has 0 aliphatic carbocycles. The Hall–Kier alpha value is -1.42. The van der Waals surface area contributed by atoms with Gasteiger partial charge < -0.3 is 19.5 Å². The van der Waals surface area contributed by atoms with Crippen molar-refractivity contribution in [3.8, 4) is 17.2 Å². The van der Waals surface area contributed by atoms with Crippen LogP contribution in [0.3, 0.4) is 0 Å². The monoisotopic (exact) mass is 249 g/mol. The van der Waals surface area contributed by atoms with Gasteiger partial charge in [-0.15, -0.1) is 0 Å². The van der Waals surface area contributed by atoms with Crippen molar-refractivity contribution in [1.29, 1.82) is 0 Å². The van der Waals surface area contributed by atoms with Crippen LogP contribution >= 0.6 is 0 Å². The lowest BCUT2D eigenvalue weighted by molar-refractivity contribution is 0.167. The summed E-state index contributed by atoms with van der Waals surface area (Å²) in [6.07, 6.45) is 3.65. The maximum Gasteiger partial charge on any atom is 0.166 e. The molecular weight excluding hydrogens is 230 g/mol. The van der Waals surface area contributed by atoms with Crippen LogP contribution in [0, 0.1) is 0 Å². The van der Waals surface area contributed by atoms with E-state index >= 15 is 0 Å². The van der Waals surface area contributed by atoms with E-state index in [-0.39, 0.29) is 0 Å². The van der Waals surface area contributed by atoms with E-state index in [1.807, 2.05) is 6.07 Å². The highest BCUT2D eigenvalue weighted by Crippen LogP contribution is 2.42. The third kappa shape index (κ3) is 2.12. The summed E-state index contributed by atoms with van der Waals surface area (Å²) in [5.74, 6) is 2.53. The first kappa shape index (κ1) is 11.7. The number of hydrogen-bond donors (Lipinski definition) is 1. The SMILES string of the molecule is COc1cc2c(c(C3CCCCN3)c1)OCCO2. The first-order valence-corrected chi connectivity index (χ1v) is 6.59. The van der Waals surface area contributed by atoms with Crippen LogP contribution in [0.25, 0.3) is 0 Å². The molecule has 1 aromatic carbocycles.